The molecule has 164 valence electrons. The average molecular weight is 473 g/mol. The molecular formula is C21H18Cl2N6O3. The fraction of sp³-hybridized carbons (Fsp3) is 0.143. The highest BCUT2D eigenvalue weighted by Gasteiger charge is 2.19. The van der Waals surface area contributed by atoms with Gasteiger partial charge in [0.15, 0.2) is 11.2 Å². The smallest absolute Gasteiger partial charge is 0.332 e. The summed E-state index contributed by atoms with van der Waals surface area (Å²) in [4.78, 5) is 41.8. The molecule has 0 radical (unpaired) electrons. The first-order valence-electron chi connectivity index (χ1n) is 9.44. The third-order valence-corrected chi connectivity index (χ3v) is 5.85. The highest BCUT2D eigenvalue weighted by atomic mass is 35.5. The van der Waals surface area contributed by atoms with Crippen LogP contribution in [-0.2, 0) is 20.6 Å². The van der Waals surface area contributed by atoms with Gasteiger partial charge in [0.25, 0.3) is 5.56 Å². The molecule has 2 aromatic carbocycles. The fourth-order valence-corrected chi connectivity index (χ4v) is 3.68. The van der Waals surface area contributed by atoms with E-state index in [1.54, 1.807) is 61.1 Å². The number of nitrogens with one attached hydrogen (secondary N) is 1. The molecule has 0 saturated heterocycles. The zero-order valence-electron chi connectivity index (χ0n) is 17.1. The molecule has 3 N–H and O–H groups in total. The first-order chi connectivity index (χ1) is 15.2. The number of carbonyl (C=O) groups is 1. The molecule has 0 atom stereocenters. The van der Waals surface area contributed by atoms with E-state index in [1.165, 1.54) is 4.57 Å². The van der Waals surface area contributed by atoms with Crippen LogP contribution in [0.4, 0.5) is 11.6 Å². The number of amides is 1. The van der Waals surface area contributed by atoms with Crippen molar-refractivity contribution in [1.82, 2.24) is 18.7 Å². The molecule has 0 aliphatic carbocycles. The van der Waals surface area contributed by atoms with Crippen LogP contribution in [0, 0.1) is 0 Å². The van der Waals surface area contributed by atoms with Gasteiger partial charge in [0.2, 0.25) is 11.9 Å². The SMILES string of the molecule is Cn1c(Nc2ccc(C(N)=O)cc2)nc2c1c(=O)n(Cc1ccc(Cl)c(Cl)c1)c(=O)n2C. The Kier molecular flexibility index (Phi) is 5.53. The number of carbonyl (C=O) groups excluding carboxylic acids is 1. The van der Waals surface area contributed by atoms with Gasteiger partial charge in [-0.05, 0) is 42.0 Å². The lowest BCUT2D eigenvalue weighted by molar-refractivity contribution is 0.100. The summed E-state index contributed by atoms with van der Waals surface area (Å²) in [5.41, 5.74) is 6.43. The first kappa shape index (κ1) is 21.7. The average Bonchev–Trinajstić information content (AvgIpc) is 3.09. The summed E-state index contributed by atoms with van der Waals surface area (Å²) in [6.07, 6.45) is 0. The predicted molar refractivity (Wildman–Crippen MR) is 124 cm³/mol. The fourth-order valence-electron chi connectivity index (χ4n) is 3.36. The second-order valence-corrected chi connectivity index (χ2v) is 8.03. The largest absolute Gasteiger partial charge is 0.366 e. The zero-order chi connectivity index (χ0) is 23.2. The minimum Gasteiger partial charge on any atom is -0.366 e. The van der Waals surface area contributed by atoms with Gasteiger partial charge >= 0.3 is 5.69 Å². The number of benzene rings is 2. The number of fused-ring (bicyclic) bond motifs is 1. The molecule has 0 spiro atoms. The van der Waals surface area contributed by atoms with E-state index in [2.05, 4.69) is 10.3 Å². The number of anilines is 2. The molecular weight excluding hydrogens is 455 g/mol. The van der Waals surface area contributed by atoms with Gasteiger partial charge in [0.05, 0.1) is 16.6 Å². The van der Waals surface area contributed by atoms with Crippen LogP contribution in [-0.4, -0.2) is 24.6 Å². The lowest BCUT2D eigenvalue weighted by Crippen LogP contribution is -2.39. The molecule has 4 aromatic rings. The summed E-state index contributed by atoms with van der Waals surface area (Å²) in [7, 11) is 3.22. The van der Waals surface area contributed by atoms with Gasteiger partial charge in [0, 0.05) is 25.3 Å². The predicted octanol–water partition coefficient (Wildman–Crippen LogP) is 2.63. The van der Waals surface area contributed by atoms with E-state index < -0.39 is 17.2 Å². The number of aromatic nitrogens is 4. The molecule has 9 nitrogen and oxygen atoms in total. The van der Waals surface area contributed by atoms with Gasteiger partial charge in [-0.1, -0.05) is 29.3 Å². The van der Waals surface area contributed by atoms with Gasteiger partial charge in [-0.15, -0.1) is 0 Å². The molecule has 32 heavy (non-hydrogen) atoms. The van der Waals surface area contributed by atoms with Crippen LogP contribution in [0.25, 0.3) is 11.2 Å². The van der Waals surface area contributed by atoms with E-state index >= 15 is 0 Å². The number of hydrogen-bond donors (Lipinski definition) is 2. The van der Waals surface area contributed by atoms with Crippen LogP contribution in [0.15, 0.2) is 52.1 Å². The van der Waals surface area contributed by atoms with Crippen LogP contribution >= 0.6 is 23.2 Å². The monoisotopic (exact) mass is 472 g/mol. The molecule has 0 fully saturated rings. The molecule has 2 heterocycles. The molecule has 11 heteroatoms. The second kappa shape index (κ2) is 8.18. The van der Waals surface area contributed by atoms with Crippen LogP contribution in [0.3, 0.4) is 0 Å². The van der Waals surface area contributed by atoms with Crippen molar-refractivity contribution in [3.63, 3.8) is 0 Å². The Hall–Kier alpha value is -3.56. The topological polar surface area (TPSA) is 117 Å². The maximum Gasteiger partial charge on any atom is 0.332 e. The number of nitrogens with two attached hydrogens (primary N) is 1. The van der Waals surface area contributed by atoms with Gasteiger partial charge in [-0.2, -0.15) is 4.98 Å². The van der Waals surface area contributed by atoms with Crippen molar-refractivity contribution >= 4 is 51.9 Å². The maximum atomic E-state index is 13.2. The number of nitrogens with zero attached hydrogens (tertiary/aromatic N) is 4. The van der Waals surface area contributed by atoms with Crippen molar-refractivity contribution in [2.24, 2.45) is 19.8 Å². The van der Waals surface area contributed by atoms with Gasteiger partial charge in [-0.3, -0.25) is 18.7 Å². The maximum absolute atomic E-state index is 13.2. The van der Waals surface area contributed by atoms with Gasteiger partial charge in [0.1, 0.15) is 0 Å². The van der Waals surface area contributed by atoms with Crippen LogP contribution < -0.4 is 22.3 Å². The van der Waals surface area contributed by atoms with Crippen LogP contribution in [0.2, 0.25) is 10.0 Å². The van der Waals surface area contributed by atoms with E-state index in [1.807, 2.05) is 0 Å². The third-order valence-electron chi connectivity index (χ3n) is 5.11. The first-order valence-corrected chi connectivity index (χ1v) is 10.2. The molecule has 1 amide bonds. The number of primary amides is 1. The van der Waals surface area contributed by atoms with Crippen LogP contribution in [0.1, 0.15) is 15.9 Å². The quantitative estimate of drug-likeness (QED) is 0.462. The van der Waals surface area contributed by atoms with Crippen molar-refractivity contribution < 1.29 is 4.79 Å². The summed E-state index contributed by atoms with van der Waals surface area (Å²) in [6, 6.07) is 11.4. The Labute approximate surface area is 191 Å². The Balaban J connectivity index is 1.78. The number of imidazole rings is 1. The molecule has 0 unspecified atom stereocenters. The van der Waals surface area contributed by atoms with E-state index in [0.717, 1.165) is 4.57 Å². The van der Waals surface area contributed by atoms with Crippen molar-refractivity contribution in [2.75, 3.05) is 5.32 Å². The van der Waals surface area contributed by atoms with Crippen LogP contribution in [0.5, 0.6) is 0 Å². The number of aryl methyl sites for hydroxylation is 2. The minimum atomic E-state index is -0.531. The molecule has 0 bridgehead atoms. The molecule has 0 aliphatic heterocycles. The summed E-state index contributed by atoms with van der Waals surface area (Å²) in [6.45, 7) is 0.0286. The third kappa shape index (κ3) is 3.76. The van der Waals surface area contributed by atoms with Gasteiger partial charge < -0.3 is 15.6 Å². The normalized spacial score (nSPS) is 11.1. The highest BCUT2D eigenvalue weighted by molar-refractivity contribution is 6.42. The van der Waals surface area contributed by atoms with Crippen molar-refractivity contribution in [1.29, 1.82) is 0 Å². The summed E-state index contributed by atoms with van der Waals surface area (Å²) < 4.78 is 4.01. The Morgan fingerprint density at radius 2 is 1.72 bits per heavy atom. The summed E-state index contributed by atoms with van der Waals surface area (Å²) >= 11 is 12.0. The van der Waals surface area contributed by atoms with E-state index in [9.17, 15) is 14.4 Å². The lowest BCUT2D eigenvalue weighted by atomic mass is 10.2. The van der Waals surface area contributed by atoms with Crippen molar-refractivity contribution in [2.45, 2.75) is 6.54 Å². The molecule has 0 aliphatic rings. The minimum absolute atomic E-state index is 0.0286. The van der Waals surface area contributed by atoms with E-state index in [-0.39, 0.29) is 17.7 Å². The van der Waals surface area contributed by atoms with E-state index in [0.29, 0.717) is 32.8 Å². The summed E-state index contributed by atoms with van der Waals surface area (Å²) in [5, 5.41) is 3.81. The Morgan fingerprint density at radius 1 is 1.03 bits per heavy atom. The molecule has 4 rings (SSSR count). The van der Waals surface area contributed by atoms with E-state index in [4.69, 9.17) is 28.9 Å². The molecule has 0 saturated carbocycles. The van der Waals surface area contributed by atoms with Crippen molar-refractivity contribution in [3.05, 3.63) is 84.5 Å². The summed E-state index contributed by atoms with van der Waals surface area (Å²) in [5.74, 6) is -0.178. The number of rotatable bonds is 5. The Morgan fingerprint density at radius 3 is 2.34 bits per heavy atom. The standard InChI is InChI=1S/C21H18Cl2N6O3/c1-27-16-18(26-20(27)25-13-6-4-12(5-7-13)17(24)30)28(2)21(32)29(19(16)31)10-11-3-8-14(22)15(23)9-11/h3-9H,10H2,1-2H3,(H2,24,30)(H,25,26). The lowest BCUT2D eigenvalue weighted by Gasteiger charge is -2.09. The van der Waals surface area contributed by atoms with Gasteiger partial charge in [-0.25, -0.2) is 4.79 Å². The molecule has 2 aromatic heterocycles. The highest BCUT2D eigenvalue weighted by Crippen LogP contribution is 2.23. The number of halogens is 2. The van der Waals surface area contributed by atoms with Crippen molar-refractivity contribution in [3.8, 4) is 0 Å². The zero-order valence-corrected chi connectivity index (χ0v) is 18.6. The second-order valence-electron chi connectivity index (χ2n) is 7.21. The number of hydrogen-bond acceptors (Lipinski definition) is 5. The Bertz CT molecular complexity index is 1480.